The van der Waals surface area contributed by atoms with E-state index in [2.05, 4.69) is 0 Å². The minimum Gasteiger partial charge on any atom is -0.497 e. The SMILES string of the molecule is CCOc1ccc(-n2c(C)c(C(=O)O)c3cc(OC)ccc32)cc1. The molecule has 2 aromatic carbocycles. The molecule has 3 aromatic rings. The Kier molecular flexibility index (Phi) is 4.16. The zero-order valence-corrected chi connectivity index (χ0v) is 13.9. The van der Waals surface area contributed by atoms with E-state index < -0.39 is 5.97 Å². The van der Waals surface area contributed by atoms with Gasteiger partial charge in [0.05, 0.1) is 24.8 Å². The molecule has 0 aliphatic rings. The van der Waals surface area contributed by atoms with Crippen molar-refractivity contribution in [1.82, 2.24) is 4.57 Å². The Hall–Kier alpha value is -2.95. The Morgan fingerprint density at radius 2 is 1.79 bits per heavy atom. The van der Waals surface area contributed by atoms with Gasteiger partial charge < -0.3 is 19.1 Å². The van der Waals surface area contributed by atoms with Gasteiger partial charge in [0.15, 0.2) is 0 Å². The topological polar surface area (TPSA) is 60.7 Å². The lowest BCUT2D eigenvalue weighted by Gasteiger charge is -2.10. The highest BCUT2D eigenvalue weighted by Gasteiger charge is 2.20. The van der Waals surface area contributed by atoms with Gasteiger partial charge in [0.1, 0.15) is 11.5 Å². The molecule has 124 valence electrons. The first-order valence-corrected chi connectivity index (χ1v) is 7.72. The summed E-state index contributed by atoms with van der Waals surface area (Å²) in [6.07, 6.45) is 0. The molecule has 5 heteroatoms. The fourth-order valence-corrected chi connectivity index (χ4v) is 2.99. The first kappa shape index (κ1) is 15.9. The number of hydrogen-bond donors (Lipinski definition) is 1. The number of benzene rings is 2. The predicted molar refractivity (Wildman–Crippen MR) is 92.7 cm³/mol. The molecule has 1 N–H and O–H groups in total. The molecule has 5 nitrogen and oxygen atoms in total. The summed E-state index contributed by atoms with van der Waals surface area (Å²) in [6.45, 7) is 4.35. The van der Waals surface area contributed by atoms with Crippen LogP contribution in [0.2, 0.25) is 0 Å². The molecule has 0 saturated heterocycles. The Bertz CT molecular complexity index is 894. The van der Waals surface area contributed by atoms with Crippen molar-refractivity contribution in [1.29, 1.82) is 0 Å². The number of carboxylic acids is 1. The van der Waals surface area contributed by atoms with E-state index in [-0.39, 0.29) is 5.56 Å². The fraction of sp³-hybridized carbons (Fsp3) is 0.211. The molecule has 0 radical (unpaired) electrons. The van der Waals surface area contributed by atoms with Crippen LogP contribution in [0.5, 0.6) is 11.5 Å². The van der Waals surface area contributed by atoms with Crippen LogP contribution in [-0.4, -0.2) is 29.4 Å². The molecule has 0 saturated carbocycles. The van der Waals surface area contributed by atoms with Crippen molar-refractivity contribution < 1.29 is 19.4 Å². The van der Waals surface area contributed by atoms with E-state index in [4.69, 9.17) is 9.47 Å². The van der Waals surface area contributed by atoms with E-state index in [1.165, 1.54) is 0 Å². The van der Waals surface area contributed by atoms with Crippen LogP contribution in [0.4, 0.5) is 0 Å². The zero-order valence-electron chi connectivity index (χ0n) is 13.9. The summed E-state index contributed by atoms with van der Waals surface area (Å²) in [5.41, 5.74) is 2.68. The second-order valence-corrected chi connectivity index (χ2v) is 5.41. The Morgan fingerprint density at radius 3 is 2.38 bits per heavy atom. The molecule has 24 heavy (non-hydrogen) atoms. The van der Waals surface area contributed by atoms with Gasteiger partial charge in [0.25, 0.3) is 0 Å². The largest absolute Gasteiger partial charge is 0.497 e. The maximum absolute atomic E-state index is 11.7. The third-order valence-electron chi connectivity index (χ3n) is 4.03. The average Bonchev–Trinajstić information content (AvgIpc) is 2.87. The summed E-state index contributed by atoms with van der Waals surface area (Å²) in [7, 11) is 1.57. The summed E-state index contributed by atoms with van der Waals surface area (Å²) < 4.78 is 12.6. The smallest absolute Gasteiger partial charge is 0.338 e. The van der Waals surface area contributed by atoms with Crippen molar-refractivity contribution in [3.05, 3.63) is 53.7 Å². The van der Waals surface area contributed by atoms with E-state index in [1.807, 2.05) is 54.8 Å². The Balaban J connectivity index is 2.24. The highest BCUT2D eigenvalue weighted by atomic mass is 16.5. The zero-order chi connectivity index (χ0) is 17.3. The number of aromatic nitrogens is 1. The van der Waals surface area contributed by atoms with Crippen molar-refractivity contribution in [2.75, 3.05) is 13.7 Å². The van der Waals surface area contributed by atoms with E-state index >= 15 is 0 Å². The van der Waals surface area contributed by atoms with Crippen molar-refractivity contribution >= 4 is 16.9 Å². The molecule has 0 atom stereocenters. The van der Waals surface area contributed by atoms with Crippen molar-refractivity contribution in [3.63, 3.8) is 0 Å². The maximum atomic E-state index is 11.7. The molecular weight excluding hydrogens is 306 g/mol. The molecule has 0 bridgehead atoms. The third-order valence-corrected chi connectivity index (χ3v) is 4.03. The van der Waals surface area contributed by atoms with Crippen molar-refractivity contribution in [3.8, 4) is 17.2 Å². The minimum atomic E-state index is -0.949. The maximum Gasteiger partial charge on any atom is 0.338 e. The summed E-state index contributed by atoms with van der Waals surface area (Å²) in [5, 5.41) is 10.3. The minimum absolute atomic E-state index is 0.290. The molecule has 1 aromatic heterocycles. The lowest BCUT2D eigenvalue weighted by Crippen LogP contribution is -2.01. The van der Waals surface area contributed by atoms with Crippen LogP contribution in [0.1, 0.15) is 23.0 Å². The van der Waals surface area contributed by atoms with Gasteiger partial charge in [-0.25, -0.2) is 4.79 Å². The summed E-state index contributed by atoms with van der Waals surface area (Å²) in [6, 6.07) is 13.1. The van der Waals surface area contributed by atoms with Crippen LogP contribution in [-0.2, 0) is 0 Å². The lowest BCUT2D eigenvalue weighted by molar-refractivity contribution is 0.0698. The van der Waals surface area contributed by atoms with Crippen LogP contribution in [0, 0.1) is 6.92 Å². The van der Waals surface area contributed by atoms with Crippen molar-refractivity contribution in [2.24, 2.45) is 0 Å². The molecule has 0 aliphatic heterocycles. The highest BCUT2D eigenvalue weighted by molar-refractivity contribution is 6.06. The van der Waals surface area contributed by atoms with Gasteiger partial charge >= 0.3 is 5.97 Å². The van der Waals surface area contributed by atoms with Gasteiger partial charge in [-0.05, 0) is 56.3 Å². The number of fused-ring (bicyclic) bond motifs is 1. The number of hydrogen-bond acceptors (Lipinski definition) is 3. The van der Waals surface area contributed by atoms with E-state index in [1.54, 1.807) is 13.2 Å². The highest BCUT2D eigenvalue weighted by Crippen LogP contribution is 2.32. The first-order chi connectivity index (χ1) is 11.6. The molecule has 0 unspecified atom stereocenters. The second kappa shape index (κ2) is 6.28. The van der Waals surface area contributed by atoms with Gasteiger partial charge in [-0.3, -0.25) is 0 Å². The number of methoxy groups -OCH3 is 1. The summed E-state index contributed by atoms with van der Waals surface area (Å²) in [5.74, 6) is 0.472. The van der Waals surface area contributed by atoms with Crippen LogP contribution in [0.15, 0.2) is 42.5 Å². The van der Waals surface area contributed by atoms with Crippen LogP contribution in [0.25, 0.3) is 16.6 Å². The molecular formula is C19H19NO4. The number of carboxylic acid groups (broad SMARTS) is 1. The third kappa shape index (κ3) is 2.58. The number of nitrogens with zero attached hydrogens (tertiary/aromatic N) is 1. The number of carbonyl (C=O) groups is 1. The quantitative estimate of drug-likeness (QED) is 0.769. The van der Waals surface area contributed by atoms with Crippen molar-refractivity contribution in [2.45, 2.75) is 13.8 Å². The Labute approximate surface area is 140 Å². The van der Waals surface area contributed by atoms with Gasteiger partial charge in [0, 0.05) is 16.8 Å². The molecule has 0 spiro atoms. The van der Waals surface area contributed by atoms with Gasteiger partial charge in [-0.2, -0.15) is 0 Å². The Morgan fingerprint density at radius 1 is 1.12 bits per heavy atom. The molecule has 0 fully saturated rings. The molecule has 0 aliphatic carbocycles. The predicted octanol–water partition coefficient (Wildman–Crippen LogP) is 4.04. The summed E-state index contributed by atoms with van der Waals surface area (Å²) >= 11 is 0. The fourth-order valence-electron chi connectivity index (χ4n) is 2.99. The number of ether oxygens (including phenoxy) is 2. The van der Waals surface area contributed by atoms with Gasteiger partial charge in [-0.15, -0.1) is 0 Å². The number of aromatic carboxylic acids is 1. The average molecular weight is 325 g/mol. The monoisotopic (exact) mass is 325 g/mol. The second-order valence-electron chi connectivity index (χ2n) is 5.41. The summed E-state index contributed by atoms with van der Waals surface area (Å²) in [4.78, 5) is 11.7. The molecule has 0 amide bonds. The number of rotatable bonds is 5. The van der Waals surface area contributed by atoms with E-state index in [0.29, 0.717) is 23.4 Å². The van der Waals surface area contributed by atoms with Crippen LogP contribution < -0.4 is 9.47 Å². The molecule has 3 rings (SSSR count). The van der Waals surface area contributed by atoms with E-state index in [0.717, 1.165) is 17.0 Å². The standard InChI is InChI=1S/C19H19NO4/c1-4-24-14-7-5-13(6-8-14)20-12(2)18(19(21)22)16-11-15(23-3)9-10-17(16)20/h5-11H,4H2,1-3H3,(H,21,22). The lowest BCUT2D eigenvalue weighted by atomic mass is 10.1. The van der Waals surface area contributed by atoms with Gasteiger partial charge in [-0.1, -0.05) is 0 Å². The first-order valence-electron chi connectivity index (χ1n) is 7.72. The van der Waals surface area contributed by atoms with Crippen LogP contribution >= 0.6 is 0 Å². The van der Waals surface area contributed by atoms with Gasteiger partial charge in [0.2, 0.25) is 0 Å². The van der Waals surface area contributed by atoms with Crippen LogP contribution in [0.3, 0.4) is 0 Å². The molecule has 1 heterocycles. The van der Waals surface area contributed by atoms with E-state index in [9.17, 15) is 9.90 Å². The normalized spacial score (nSPS) is 10.8.